The van der Waals surface area contributed by atoms with Crippen LogP contribution in [0.2, 0.25) is 0 Å². The molecule has 2 rings (SSSR count). The molecule has 1 aliphatic heterocycles. The van der Waals surface area contributed by atoms with E-state index in [2.05, 4.69) is 43.0 Å². The summed E-state index contributed by atoms with van der Waals surface area (Å²) in [5.74, 6) is 1.01. The average Bonchev–Trinajstić information content (AvgIpc) is 2.46. The van der Waals surface area contributed by atoms with Crippen LogP contribution in [-0.2, 0) is 4.74 Å². The summed E-state index contributed by atoms with van der Waals surface area (Å²) in [4.78, 5) is 3.79. The fourth-order valence-corrected chi connectivity index (χ4v) is 3.28. The summed E-state index contributed by atoms with van der Waals surface area (Å²) in [6.07, 6.45) is 0.337. The van der Waals surface area contributed by atoms with Crippen LogP contribution < -0.4 is 5.73 Å². The van der Waals surface area contributed by atoms with Gasteiger partial charge in [0.05, 0.1) is 12.7 Å². The van der Waals surface area contributed by atoms with Gasteiger partial charge in [-0.25, -0.2) is 0 Å². The van der Waals surface area contributed by atoms with E-state index in [1.54, 1.807) is 0 Å². The number of benzene rings is 1. The van der Waals surface area contributed by atoms with Crippen molar-refractivity contribution in [3.63, 3.8) is 0 Å². The summed E-state index contributed by atoms with van der Waals surface area (Å²) in [7, 11) is 0. The number of hydrogen-bond acceptors (Lipinski definition) is 4. The number of ether oxygens (including phenoxy) is 1. The van der Waals surface area contributed by atoms with E-state index in [4.69, 9.17) is 10.5 Å². The molecular formula is C16H26N2OS. The van der Waals surface area contributed by atoms with E-state index in [1.807, 2.05) is 18.7 Å². The molecule has 112 valence electrons. The van der Waals surface area contributed by atoms with Gasteiger partial charge in [0, 0.05) is 35.8 Å². The lowest BCUT2D eigenvalue weighted by atomic mass is 10.1. The van der Waals surface area contributed by atoms with E-state index < -0.39 is 0 Å². The fourth-order valence-electron chi connectivity index (χ4n) is 2.37. The van der Waals surface area contributed by atoms with Gasteiger partial charge in [0.2, 0.25) is 0 Å². The maximum Gasteiger partial charge on any atom is 0.0796 e. The van der Waals surface area contributed by atoms with E-state index in [0.29, 0.717) is 12.1 Å². The van der Waals surface area contributed by atoms with Crippen molar-refractivity contribution in [1.82, 2.24) is 4.90 Å². The van der Waals surface area contributed by atoms with Gasteiger partial charge in [0.25, 0.3) is 0 Å². The second-order valence-corrected chi connectivity index (χ2v) is 6.84. The number of thioether (sulfide) groups is 1. The second-order valence-electron chi connectivity index (χ2n) is 5.75. The Hall–Kier alpha value is -0.550. The zero-order valence-corrected chi connectivity index (χ0v) is 13.5. The molecule has 1 heterocycles. The summed E-state index contributed by atoms with van der Waals surface area (Å²) in [6.45, 7) is 9.47. The lowest BCUT2D eigenvalue weighted by Gasteiger charge is -2.35. The quantitative estimate of drug-likeness (QED) is 0.848. The van der Waals surface area contributed by atoms with E-state index in [0.717, 1.165) is 25.4 Å². The number of nitrogens with zero attached hydrogens (tertiary/aromatic N) is 1. The molecule has 0 saturated carbocycles. The van der Waals surface area contributed by atoms with Gasteiger partial charge in [-0.2, -0.15) is 0 Å². The van der Waals surface area contributed by atoms with Crippen LogP contribution >= 0.6 is 11.8 Å². The Balaban J connectivity index is 1.82. The minimum absolute atomic E-state index is 0.107. The van der Waals surface area contributed by atoms with Crippen LogP contribution in [0.5, 0.6) is 0 Å². The molecule has 3 nitrogen and oxygen atoms in total. The van der Waals surface area contributed by atoms with Crippen molar-refractivity contribution in [3.8, 4) is 0 Å². The van der Waals surface area contributed by atoms with Crippen LogP contribution in [0.1, 0.15) is 32.4 Å². The molecule has 2 unspecified atom stereocenters. The predicted molar refractivity (Wildman–Crippen MR) is 86.2 cm³/mol. The molecule has 1 saturated heterocycles. The van der Waals surface area contributed by atoms with Gasteiger partial charge < -0.3 is 10.5 Å². The molecule has 20 heavy (non-hydrogen) atoms. The van der Waals surface area contributed by atoms with Crippen molar-refractivity contribution in [2.45, 2.75) is 43.9 Å². The largest absolute Gasteiger partial charge is 0.375 e. The van der Waals surface area contributed by atoms with Crippen LogP contribution in [0.25, 0.3) is 0 Å². The van der Waals surface area contributed by atoms with Crippen molar-refractivity contribution in [3.05, 3.63) is 29.8 Å². The molecule has 2 N–H and O–H groups in total. The number of nitrogens with two attached hydrogens (primary N) is 1. The first kappa shape index (κ1) is 15.8. The molecule has 2 atom stereocenters. The number of hydrogen-bond donors (Lipinski definition) is 1. The molecule has 1 aromatic rings. The third-order valence-corrected chi connectivity index (χ3v) is 4.89. The third kappa shape index (κ3) is 4.48. The summed E-state index contributed by atoms with van der Waals surface area (Å²) >= 11 is 1.87. The van der Waals surface area contributed by atoms with E-state index >= 15 is 0 Å². The van der Waals surface area contributed by atoms with Gasteiger partial charge in [-0.15, -0.1) is 11.8 Å². The SMILES string of the molecule is CC(N)c1ccc(SCC2CN(C(C)C)CCO2)cc1. The normalized spacial score (nSPS) is 22.1. The van der Waals surface area contributed by atoms with Gasteiger partial charge >= 0.3 is 0 Å². The standard InChI is InChI=1S/C16H26N2OS/c1-12(2)18-8-9-19-15(10-18)11-20-16-6-4-14(5-7-16)13(3)17/h4-7,12-13,15H,8-11,17H2,1-3H3. The smallest absolute Gasteiger partial charge is 0.0796 e. The third-order valence-electron chi connectivity index (χ3n) is 3.74. The Morgan fingerprint density at radius 2 is 2.00 bits per heavy atom. The van der Waals surface area contributed by atoms with E-state index in [1.165, 1.54) is 10.5 Å². The van der Waals surface area contributed by atoms with Crippen LogP contribution in [0, 0.1) is 0 Å². The Labute approximate surface area is 126 Å². The maximum atomic E-state index is 5.87. The first-order chi connectivity index (χ1) is 9.56. The molecule has 0 bridgehead atoms. The predicted octanol–water partition coefficient (Wildman–Crippen LogP) is 2.91. The van der Waals surface area contributed by atoms with Crippen molar-refractivity contribution >= 4 is 11.8 Å². The molecule has 1 aliphatic rings. The highest BCUT2D eigenvalue weighted by molar-refractivity contribution is 7.99. The van der Waals surface area contributed by atoms with Crippen LogP contribution in [0.3, 0.4) is 0 Å². The van der Waals surface area contributed by atoms with Gasteiger partial charge in [0.1, 0.15) is 0 Å². The average molecular weight is 294 g/mol. The van der Waals surface area contributed by atoms with Gasteiger partial charge in [-0.1, -0.05) is 12.1 Å². The summed E-state index contributed by atoms with van der Waals surface area (Å²) < 4.78 is 5.86. The van der Waals surface area contributed by atoms with E-state index in [9.17, 15) is 0 Å². The fraction of sp³-hybridized carbons (Fsp3) is 0.625. The Morgan fingerprint density at radius 1 is 1.30 bits per heavy atom. The van der Waals surface area contributed by atoms with Crippen LogP contribution in [0.15, 0.2) is 29.2 Å². The maximum absolute atomic E-state index is 5.87. The Bertz CT molecular complexity index is 405. The molecule has 0 aliphatic carbocycles. The van der Waals surface area contributed by atoms with Crippen molar-refractivity contribution in [1.29, 1.82) is 0 Å². The van der Waals surface area contributed by atoms with Crippen molar-refractivity contribution in [2.24, 2.45) is 5.73 Å². The zero-order valence-electron chi connectivity index (χ0n) is 12.7. The number of morpholine rings is 1. The number of rotatable bonds is 5. The van der Waals surface area contributed by atoms with Crippen molar-refractivity contribution in [2.75, 3.05) is 25.4 Å². The first-order valence-corrected chi connectivity index (χ1v) is 8.39. The van der Waals surface area contributed by atoms with Gasteiger partial charge in [-0.05, 0) is 38.5 Å². The summed E-state index contributed by atoms with van der Waals surface area (Å²) in [5.41, 5.74) is 7.06. The summed E-state index contributed by atoms with van der Waals surface area (Å²) in [6, 6.07) is 9.27. The zero-order chi connectivity index (χ0) is 14.5. The van der Waals surface area contributed by atoms with Gasteiger partial charge in [0.15, 0.2) is 0 Å². The topological polar surface area (TPSA) is 38.5 Å². The minimum Gasteiger partial charge on any atom is -0.375 e. The second kappa shape index (κ2) is 7.46. The molecule has 0 spiro atoms. The highest BCUT2D eigenvalue weighted by Gasteiger charge is 2.22. The lowest BCUT2D eigenvalue weighted by Crippen LogP contribution is -2.46. The van der Waals surface area contributed by atoms with Crippen molar-refractivity contribution < 1.29 is 4.74 Å². The molecule has 1 aromatic carbocycles. The van der Waals surface area contributed by atoms with E-state index in [-0.39, 0.29) is 6.04 Å². The molecule has 0 aromatic heterocycles. The monoisotopic (exact) mass is 294 g/mol. The highest BCUT2D eigenvalue weighted by Crippen LogP contribution is 2.23. The van der Waals surface area contributed by atoms with Crippen LogP contribution in [0.4, 0.5) is 0 Å². The molecule has 0 amide bonds. The lowest BCUT2D eigenvalue weighted by molar-refractivity contribution is -0.0265. The molecular weight excluding hydrogens is 268 g/mol. The summed E-state index contributed by atoms with van der Waals surface area (Å²) in [5, 5.41) is 0. The molecule has 0 radical (unpaired) electrons. The highest BCUT2D eigenvalue weighted by atomic mass is 32.2. The molecule has 4 heteroatoms. The Kier molecular flexibility index (Phi) is 5.90. The van der Waals surface area contributed by atoms with Gasteiger partial charge in [-0.3, -0.25) is 4.90 Å². The Morgan fingerprint density at radius 3 is 2.60 bits per heavy atom. The first-order valence-electron chi connectivity index (χ1n) is 7.40. The minimum atomic E-state index is 0.107. The molecule has 1 fully saturated rings. The van der Waals surface area contributed by atoms with Crippen LogP contribution in [-0.4, -0.2) is 42.5 Å².